The number of nitrogens with zero attached hydrogens (tertiary/aromatic N) is 1. The number of aromatic nitrogens is 1. The SMILES string of the molecule is CC.CC.CNC1CC(Oc2ccc(CCC(C)=O)cn2)C1. The molecule has 1 aromatic rings. The average molecular weight is 308 g/mol. The van der Waals surface area contributed by atoms with E-state index in [4.69, 9.17) is 4.74 Å². The number of aryl methyl sites for hydroxylation is 1. The van der Waals surface area contributed by atoms with E-state index < -0.39 is 0 Å². The zero-order valence-electron chi connectivity index (χ0n) is 15.0. The van der Waals surface area contributed by atoms with Crippen LogP contribution in [0.3, 0.4) is 0 Å². The minimum absolute atomic E-state index is 0.211. The van der Waals surface area contributed by atoms with E-state index in [1.54, 1.807) is 13.1 Å². The number of Topliss-reactive ketones (excluding diaryl/α,β-unsaturated/α-hetero) is 1. The van der Waals surface area contributed by atoms with Crippen LogP contribution in [0.15, 0.2) is 18.3 Å². The Balaban J connectivity index is 0.00000102. The third-order valence-electron chi connectivity index (χ3n) is 3.35. The number of nitrogens with one attached hydrogen (secondary N) is 1. The van der Waals surface area contributed by atoms with Crippen molar-refractivity contribution in [2.45, 2.75) is 72.4 Å². The van der Waals surface area contributed by atoms with Crippen molar-refractivity contribution in [2.75, 3.05) is 7.05 Å². The second-order valence-corrected chi connectivity index (χ2v) is 4.90. The quantitative estimate of drug-likeness (QED) is 0.869. The van der Waals surface area contributed by atoms with Gasteiger partial charge in [0.2, 0.25) is 5.88 Å². The monoisotopic (exact) mass is 308 g/mol. The average Bonchev–Trinajstić information content (AvgIpc) is 2.53. The van der Waals surface area contributed by atoms with E-state index in [0.29, 0.717) is 18.3 Å². The topological polar surface area (TPSA) is 51.2 Å². The molecule has 1 heterocycles. The number of pyridine rings is 1. The summed E-state index contributed by atoms with van der Waals surface area (Å²) < 4.78 is 5.74. The van der Waals surface area contributed by atoms with E-state index in [-0.39, 0.29) is 11.9 Å². The molecule has 1 aliphatic rings. The van der Waals surface area contributed by atoms with Gasteiger partial charge in [0.1, 0.15) is 11.9 Å². The van der Waals surface area contributed by atoms with Crippen LogP contribution >= 0.6 is 0 Å². The zero-order valence-corrected chi connectivity index (χ0v) is 15.0. The van der Waals surface area contributed by atoms with Gasteiger partial charge in [0.05, 0.1) is 0 Å². The second kappa shape index (κ2) is 12.2. The summed E-state index contributed by atoms with van der Waals surface area (Å²) in [7, 11) is 1.98. The minimum atomic E-state index is 0.211. The molecule has 0 spiro atoms. The molecule has 2 rings (SSSR count). The molecule has 0 aliphatic heterocycles. The highest BCUT2D eigenvalue weighted by Crippen LogP contribution is 2.24. The van der Waals surface area contributed by atoms with Crippen LogP contribution < -0.4 is 10.1 Å². The van der Waals surface area contributed by atoms with Crippen LogP contribution in [0, 0.1) is 0 Å². The maximum absolute atomic E-state index is 10.9. The third-order valence-corrected chi connectivity index (χ3v) is 3.35. The number of ketones is 1. The summed E-state index contributed by atoms with van der Waals surface area (Å²) in [5.41, 5.74) is 1.08. The molecule has 0 amide bonds. The molecule has 0 bridgehead atoms. The summed E-state index contributed by atoms with van der Waals surface area (Å²) in [6.07, 6.45) is 5.52. The number of hydrogen-bond acceptors (Lipinski definition) is 4. The summed E-state index contributed by atoms with van der Waals surface area (Å²) in [5.74, 6) is 0.893. The van der Waals surface area contributed by atoms with E-state index in [9.17, 15) is 4.79 Å². The van der Waals surface area contributed by atoms with Gasteiger partial charge in [-0.2, -0.15) is 0 Å². The molecule has 0 atom stereocenters. The maximum Gasteiger partial charge on any atom is 0.213 e. The predicted molar refractivity (Wildman–Crippen MR) is 92.4 cm³/mol. The van der Waals surface area contributed by atoms with Crippen LogP contribution in [0.4, 0.5) is 0 Å². The first-order valence-corrected chi connectivity index (χ1v) is 8.45. The number of carbonyl (C=O) groups excluding carboxylic acids is 1. The largest absolute Gasteiger partial charge is 0.474 e. The maximum atomic E-state index is 10.9. The van der Waals surface area contributed by atoms with Crippen molar-refractivity contribution >= 4 is 5.78 Å². The molecule has 1 N–H and O–H groups in total. The standard InChI is InChI=1S/C14H20N2O2.2C2H6/c1-10(17)3-4-11-5-6-14(16-9-11)18-13-7-12(8-13)15-2;2*1-2/h5-6,9,12-13,15H,3-4,7-8H2,1-2H3;2*1-2H3. The molecule has 1 fully saturated rings. The Labute approximate surface area is 135 Å². The highest BCUT2D eigenvalue weighted by atomic mass is 16.5. The van der Waals surface area contributed by atoms with Crippen LogP contribution in [0.1, 0.15) is 59.4 Å². The fourth-order valence-electron chi connectivity index (χ4n) is 2.02. The molecule has 0 saturated heterocycles. The van der Waals surface area contributed by atoms with Gasteiger partial charge in [-0.15, -0.1) is 0 Å². The Hall–Kier alpha value is -1.42. The molecule has 126 valence electrons. The minimum Gasteiger partial charge on any atom is -0.474 e. The smallest absolute Gasteiger partial charge is 0.213 e. The fourth-order valence-corrected chi connectivity index (χ4v) is 2.02. The highest BCUT2D eigenvalue weighted by Gasteiger charge is 2.29. The Kier molecular flexibility index (Phi) is 11.4. The van der Waals surface area contributed by atoms with Crippen molar-refractivity contribution in [3.8, 4) is 5.88 Å². The van der Waals surface area contributed by atoms with E-state index in [2.05, 4.69) is 10.3 Å². The first-order chi connectivity index (χ1) is 10.7. The molecule has 0 radical (unpaired) electrons. The Bertz CT molecular complexity index is 398. The molecule has 1 aromatic heterocycles. The number of carbonyl (C=O) groups is 1. The summed E-state index contributed by atoms with van der Waals surface area (Å²) in [6, 6.07) is 4.46. The zero-order chi connectivity index (χ0) is 17.0. The highest BCUT2D eigenvalue weighted by molar-refractivity contribution is 5.75. The molecular weight excluding hydrogens is 276 g/mol. The normalized spacial score (nSPS) is 18.8. The van der Waals surface area contributed by atoms with E-state index in [0.717, 1.165) is 24.8 Å². The van der Waals surface area contributed by atoms with Crippen LogP contribution in [0.2, 0.25) is 0 Å². The van der Waals surface area contributed by atoms with E-state index in [1.165, 1.54) is 0 Å². The van der Waals surface area contributed by atoms with Gasteiger partial charge < -0.3 is 14.8 Å². The van der Waals surface area contributed by atoms with Crippen molar-refractivity contribution in [2.24, 2.45) is 0 Å². The third kappa shape index (κ3) is 7.55. The van der Waals surface area contributed by atoms with Gasteiger partial charge in [0, 0.05) is 24.7 Å². The lowest BCUT2D eigenvalue weighted by Gasteiger charge is -2.34. The van der Waals surface area contributed by atoms with Crippen LogP contribution in [-0.4, -0.2) is 30.0 Å². The molecule has 1 saturated carbocycles. The van der Waals surface area contributed by atoms with Gasteiger partial charge in [-0.3, -0.25) is 0 Å². The lowest BCUT2D eigenvalue weighted by atomic mass is 9.89. The van der Waals surface area contributed by atoms with Crippen molar-refractivity contribution in [3.05, 3.63) is 23.9 Å². The summed E-state index contributed by atoms with van der Waals surface area (Å²) >= 11 is 0. The first-order valence-electron chi connectivity index (χ1n) is 8.45. The van der Waals surface area contributed by atoms with Crippen molar-refractivity contribution in [1.29, 1.82) is 0 Å². The lowest BCUT2D eigenvalue weighted by Crippen LogP contribution is -2.45. The predicted octanol–water partition coefficient (Wildman–Crippen LogP) is 3.78. The van der Waals surface area contributed by atoms with Crippen LogP contribution in [0.25, 0.3) is 0 Å². The van der Waals surface area contributed by atoms with Crippen molar-refractivity contribution in [1.82, 2.24) is 10.3 Å². The van der Waals surface area contributed by atoms with E-state index in [1.807, 2.05) is 46.9 Å². The van der Waals surface area contributed by atoms with Gasteiger partial charge in [0.15, 0.2) is 0 Å². The molecule has 22 heavy (non-hydrogen) atoms. The van der Waals surface area contributed by atoms with Crippen LogP contribution in [0.5, 0.6) is 5.88 Å². The van der Waals surface area contributed by atoms with Crippen molar-refractivity contribution in [3.63, 3.8) is 0 Å². The first kappa shape index (κ1) is 20.6. The Morgan fingerprint density at radius 1 is 1.27 bits per heavy atom. The molecule has 4 nitrogen and oxygen atoms in total. The Morgan fingerprint density at radius 2 is 1.91 bits per heavy atom. The summed E-state index contributed by atoms with van der Waals surface area (Å²) in [6.45, 7) is 9.61. The number of rotatable bonds is 6. The molecule has 0 aromatic carbocycles. The summed E-state index contributed by atoms with van der Waals surface area (Å²) in [5, 5.41) is 3.22. The van der Waals surface area contributed by atoms with E-state index >= 15 is 0 Å². The number of hydrogen-bond donors (Lipinski definition) is 1. The number of ether oxygens (including phenoxy) is 1. The van der Waals surface area contributed by atoms with Gasteiger partial charge in [0.25, 0.3) is 0 Å². The molecule has 4 heteroatoms. The van der Waals surface area contributed by atoms with Gasteiger partial charge in [-0.25, -0.2) is 4.98 Å². The Morgan fingerprint density at radius 3 is 2.36 bits per heavy atom. The second-order valence-electron chi connectivity index (χ2n) is 4.90. The van der Waals surface area contributed by atoms with Crippen LogP contribution in [-0.2, 0) is 11.2 Å². The van der Waals surface area contributed by atoms with Crippen molar-refractivity contribution < 1.29 is 9.53 Å². The molecular formula is C18H32N2O2. The molecule has 1 aliphatic carbocycles. The fraction of sp³-hybridized carbons (Fsp3) is 0.667. The van der Waals surface area contributed by atoms with Gasteiger partial charge >= 0.3 is 0 Å². The van der Waals surface area contributed by atoms with Gasteiger partial charge in [-0.05, 0) is 38.8 Å². The summed E-state index contributed by atoms with van der Waals surface area (Å²) in [4.78, 5) is 15.2. The lowest BCUT2D eigenvalue weighted by molar-refractivity contribution is -0.116. The van der Waals surface area contributed by atoms with Gasteiger partial charge in [-0.1, -0.05) is 33.8 Å². The molecule has 0 unspecified atom stereocenters.